The molecule has 0 saturated carbocycles. The van der Waals surface area contributed by atoms with Gasteiger partial charge in [0.2, 0.25) is 0 Å². The van der Waals surface area contributed by atoms with Crippen LogP contribution in [-0.2, 0) is 6.54 Å². The van der Waals surface area contributed by atoms with Crippen molar-refractivity contribution in [3.05, 3.63) is 34.9 Å². The van der Waals surface area contributed by atoms with Crippen LogP contribution in [0.5, 0.6) is 0 Å². The first-order chi connectivity index (χ1) is 7.13. The molecule has 0 aromatic heterocycles. The third-order valence-corrected chi connectivity index (χ3v) is 2.09. The molecule has 0 amide bonds. The van der Waals surface area contributed by atoms with Crippen LogP contribution in [0.1, 0.15) is 16.7 Å². The first kappa shape index (κ1) is 11.6. The summed E-state index contributed by atoms with van der Waals surface area (Å²) in [5.74, 6) is 0. The second-order valence-electron chi connectivity index (χ2n) is 3.28. The Morgan fingerprint density at radius 2 is 2.20 bits per heavy atom. The Labute approximate surface area is 87.5 Å². The maximum absolute atomic E-state index is 11.9. The second kappa shape index (κ2) is 5.42. The molecular formula is C11H12F2N2. The number of aryl methyl sites for hydroxylation is 1. The molecule has 0 radical (unpaired) electrons. The first-order valence-corrected chi connectivity index (χ1v) is 4.62. The van der Waals surface area contributed by atoms with Crippen LogP contribution in [0.25, 0.3) is 0 Å². The number of alkyl halides is 2. The van der Waals surface area contributed by atoms with Crippen molar-refractivity contribution in [1.82, 2.24) is 5.32 Å². The summed E-state index contributed by atoms with van der Waals surface area (Å²) >= 11 is 0. The zero-order valence-electron chi connectivity index (χ0n) is 8.43. The minimum atomic E-state index is -2.33. The molecule has 0 bridgehead atoms. The van der Waals surface area contributed by atoms with Gasteiger partial charge in [-0.15, -0.1) is 0 Å². The lowest BCUT2D eigenvalue weighted by molar-refractivity contribution is 0.145. The summed E-state index contributed by atoms with van der Waals surface area (Å²) in [5, 5.41) is 11.3. The maximum atomic E-state index is 11.9. The summed E-state index contributed by atoms with van der Waals surface area (Å²) in [5.41, 5.74) is 2.47. The highest BCUT2D eigenvalue weighted by Gasteiger charge is 2.03. The largest absolute Gasteiger partial charge is 0.307 e. The van der Waals surface area contributed by atoms with Crippen LogP contribution in [0.3, 0.4) is 0 Å². The van der Waals surface area contributed by atoms with Gasteiger partial charge in [-0.1, -0.05) is 6.07 Å². The number of halogens is 2. The van der Waals surface area contributed by atoms with Crippen LogP contribution in [0.15, 0.2) is 18.2 Å². The summed E-state index contributed by atoms with van der Waals surface area (Å²) in [6, 6.07) is 7.25. The van der Waals surface area contributed by atoms with Gasteiger partial charge in [-0.3, -0.25) is 0 Å². The molecule has 0 heterocycles. The third-order valence-electron chi connectivity index (χ3n) is 2.09. The van der Waals surface area contributed by atoms with Gasteiger partial charge in [0.15, 0.2) is 0 Å². The molecule has 1 aromatic rings. The molecule has 80 valence electrons. The van der Waals surface area contributed by atoms with E-state index in [0.29, 0.717) is 12.1 Å². The van der Waals surface area contributed by atoms with Gasteiger partial charge >= 0.3 is 0 Å². The minimum absolute atomic E-state index is 0.306. The maximum Gasteiger partial charge on any atom is 0.250 e. The van der Waals surface area contributed by atoms with Crippen molar-refractivity contribution < 1.29 is 8.78 Å². The van der Waals surface area contributed by atoms with Gasteiger partial charge in [0.05, 0.1) is 18.2 Å². The summed E-state index contributed by atoms with van der Waals surface area (Å²) in [7, 11) is 0. The molecule has 0 saturated heterocycles. The molecule has 0 spiro atoms. The summed E-state index contributed by atoms with van der Waals surface area (Å²) in [6.07, 6.45) is -2.33. The Balaban J connectivity index is 2.59. The minimum Gasteiger partial charge on any atom is -0.307 e. The predicted molar refractivity (Wildman–Crippen MR) is 53.6 cm³/mol. The molecule has 1 N–H and O–H groups in total. The van der Waals surface area contributed by atoms with Gasteiger partial charge < -0.3 is 5.32 Å². The van der Waals surface area contributed by atoms with Crippen molar-refractivity contribution in [2.45, 2.75) is 19.9 Å². The number of nitriles is 1. The second-order valence-corrected chi connectivity index (χ2v) is 3.28. The molecule has 4 heteroatoms. The van der Waals surface area contributed by atoms with Crippen LogP contribution in [0, 0.1) is 18.3 Å². The van der Waals surface area contributed by atoms with Crippen LogP contribution < -0.4 is 5.32 Å². The number of hydrogen-bond acceptors (Lipinski definition) is 2. The van der Waals surface area contributed by atoms with Gasteiger partial charge in [0.25, 0.3) is 6.43 Å². The van der Waals surface area contributed by atoms with Crippen molar-refractivity contribution in [2.24, 2.45) is 0 Å². The van der Waals surface area contributed by atoms with E-state index in [4.69, 9.17) is 5.26 Å². The highest BCUT2D eigenvalue weighted by molar-refractivity contribution is 5.37. The molecule has 1 rings (SSSR count). The Morgan fingerprint density at radius 1 is 1.47 bits per heavy atom. The van der Waals surface area contributed by atoms with E-state index >= 15 is 0 Å². The molecule has 0 aliphatic rings. The monoisotopic (exact) mass is 210 g/mol. The van der Waals surface area contributed by atoms with Crippen molar-refractivity contribution in [2.75, 3.05) is 6.54 Å². The summed E-state index contributed by atoms with van der Waals surface area (Å²) < 4.78 is 23.7. The van der Waals surface area contributed by atoms with E-state index in [-0.39, 0.29) is 6.54 Å². The Kier molecular flexibility index (Phi) is 4.19. The normalized spacial score (nSPS) is 10.3. The molecule has 0 atom stereocenters. The molecule has 1 aromatic carbocycles. The average Bonchev–Trinajstić information content (AvgIpc) is 2.20. The van der Waals surface area contributed by atoms with E-state index in [2.05, 4.69) is 5.32 Å². The molecular weight excluding hydrogens is 198 g/mol. The zero-order valence-corrected chi connectivity index (χ0v) is 8.43. The Bertz CT molecular complexity index is 369. The highest BCUT2D eigenvalue weighted by Crippen LogP contribution is 2.10. The topological polar surface area (TPSA) is 35.8 Å². The molecule has 15 heavy (non-hydrogen) atoms. The molecule has 0 fully saturated rings. The van der Waals surface area contributed by atoms with Crippen LogP contribution in [0.2, 0.25) is 0 Å². The van der Waals surface area contributed by atoms with E-state index in [1.54, 1.807) is 18.2 Å². The number of hydrogen-bond donors (Lipinski definition) is 1. The molecule has 0 unspecified atom stereocenters. The van der Waals surface area contributed by atoms with E-state index in [0.717, 1.165) is 11.1 Å². The molecule has 0 aliphatic heterocycles. The van der Waals surface area contributed by atoms with Crippen molar-refractivity contribution in [3.8, 4) is 6.07 Å². The van der Waals surface area contributed by atoms with Gasteiger partial charge in [-0.25, -0.2) is 8.78 Å². The number of rotatable bonds is 4. The first-order valence-electron chi connectivity index (χ1n) is 4.62. The van der Waals surface area contributed by atoms with Crippen molar-refractivity contribution in [1.29, 1.82) is 5.26 Å². The van der Waals surface area contributed by atoms with Gasteiger partial charge in [-0.05, 0) is 30.2 Å². The third kappa shape index (κ3) is 3.64. The predicted octanol–water partition coefficient (Wildman–Crippen LogP) is 2.22. The van der Waals surface area contributed by atoms with E-state index < -0.39 is 6.43 Å². The van der Waals surface area contributed by atoms with Crippen molar-refractivity contribution in [3.63, 3.8) is 0 Å². The summed E-state index contributed by atoms with van der Waals surface area (Å²) in [6.45, 7) is 1.96. The average molecular weight is 210 g/mol. The van der Waals surface area contributed by atoms with Gasteiger partial charge in [0.1, 0.15) is 0 Å². The molecule has 2 nitrogen and oxygen atoms in total. The lowest BCUT2D eigenvalue weighted by atomic mass is 10.1. The number of benzene rings is 1. The SMILES string of the molecule is Cc1cc(C#N)ccc1CNCC(F)F. The zero-order chi connectivity index (χ0) is 11.3. The Hall–Kier alpha value is -1.47. The lowest BCUT2D eigenvalue weighted by Gasteiger charge is -2.07. The van der Waals surface area contributed by atoms with E-state index in [1.165, 1.54) is 0 Å². The summed E-state index contributed by atoms with van der Waals surface area (Å²) in [4.78, 5) is 0. The number of nitrogens with one attached hydrogen (secondary N) is 1. The van der Waals surface area contributed by atoms with Crippen LogP contribution >= 0.6 is 0 Å². The standard InChI is InChI=1S/C11H12F2N2/c1-8-4-9(5-14)2-3-10(8)6-15-7-11(12)13/h2-4,11,15H,6-7H2,1H3. The van der Waals surface area contributed by atoms with E-state index in [9.17, 15) is 8.78 Å². The fraction of sp³-hybridized carbons (Fsp3) is 0.364. The Morgan fingerprint density at radius 3 is 2.73 bits per heavy atom. The van der Waals surface area contributed by atoms with E-state index in [1.807, 2.05) is 13.0 Å². The van der Waals surface area contributed by atoms with Crippen LogP contribution in [0.4, 0.5) is 8.78 Å². The van der Waals surface area contributed by atoms with Crippen LogP contribution in [-0.4, -0.2) is 13.0 Å². The fourth-order valence-electron chi connectivity index (χ4n) is 1.28. The quantitative estimate of drug-likeness (QED) is 0.827. The van der Waals surface area contributed by atoms with Gasteiger partial charge in [-0.2, -0.15) is 5.26 Å². The lowest BCUT2D eigenvalue weighted by Crippen LogP contribution is -2.21. The fourth-order valence-corrected chi connectivity index (χ4v) is 1.28. The smallest absolute Gasteiger partial charge is 0.250 e. The van der Waals surface area contributed by atoms with Gasteiger partial charge in [0, 0.05) is 6.54 Å². The molecule has 0 aliphatic carbocycles. The number of nitrogens with zero attached hydrogens (tertiary/aromatic N) is 1. The highest BCUT2D eigenvalue weighted by atomic mass is 19.3. The van der Waals surface area contributed by atoms with Crippen molar-refractivity contribution >= 4 is 0 Å².